The van der Waals surface area contributed by atoms with Crippen LogP contribution >= 0.6 is 12.4 Å². The van der Waals surface area contributed by atoms with Crippen LogP contribution in [0.3, 0.4) is 0 Å². The number of rotatable bonds is 13. The lowest BCUT2D eigenvalue weighted by molar-refractivity contribution is 0.0772. The molecule has 0 aliphatic heterocycles. The minimum atomic E-state index is -0.00278. The zero-order chi connectivity index (χ0) is 22.5. The third-order valence-electron chi connectivity index (χ3n) is 4.88. The predicted octanol–water partition coefficient (Wildman–Crippen LogP) is 4.52. The molecule has 2 N–H and O–H groups in total. The lowest BCUT2D eigenvalue weighted by atomic mass is 10.1. The maximum absolute atomic E-state index is 12.5. The number of ether oxygens (including phenoxy) is 3. The number of hydrogen-bond acceptors (Lipinski definition) is 6. The number of amides is 1. The first kappa shape index (κ1) is 27.1. The van der Waals surface area contributed by atoms with Gasteiger partial charge >= 0.3 is 0 Å². The summed E-state index contributed by atoms with van der Waals surface area (Å²) >= 11 is 0. The first-order chi connectivity index (χ1) is 15.1. The summed E-state index contributed by atoms with van der Waals surface area (Å²) in [5.74, 6) is 7.18. The minimum absolute atomic E-state index is 0. The lowest BCUT2D eigenvalue weighted by Gasteiger charge is -2.19. The van der Waals surface area contributed by atoms with Crippen LogP contribution in [0.1, 0.15) is 49.0 Å². The van der Waals surface area contributed by atoms with Crippen molar-refractivity contribution in [1.82, 2.24) is 4.90 Å². The Bertz CT molecular complexity index is 840. The smallest absolute Gasteiger partial charge is 0.253 e. The average Bonchev–Trinajstić information content (AvgIpc) is 2.80. The van der Waals surface area contributed by atoms with E-state index in [-0.39, 0.29) is 18.3 Å². The van der Waals surface area contributed by atoms with Gasteiger partial charge in [-0.1, -0.05) is 0 Å². The van der Waals surface area contributed by atoms with Crippen LogP contribution in [0.15, 0.2) is 47.6 Å². The van der Waals surface area contributed by atoms with Gasteiger partial charge in [-0.2, -0.15) is 5.10 Å². The maximum Gasteiger partial charge on any atom is 0.253 e. The number of nitrogens with two attached hydrogens (primary N) is 1. The molecule has 0 aliphatic rings. The van der Waals surface area contributed by atoms with Crippen molar-refractivity contribution in [3.05, 3.63) is 53.6 Å². The van der Waals surface area contributed by atoms with E-state index in [0.29, 0.717) is 43.4 Å². The van der Waals surface area contributed by atoms with Gasteiger partial charge in [0.25, 0.3) is 5.91 Å². The summed E-state index contributed by atoms with van der Waals surface area (Å²) in [5.41, 5.74) is 1.54. The Labute approximate surface area is 196 Å². The second-order valence-electron chi connectivity index (χ2n) is 6.95. The van der Waals surface area contributed by atoms with Crippen molar-refractivity contribution < 1.29 is 19.0 Å². The highest BCUT2D eigenvalue weighted by molar-refractivity contribution is 5.94. The number of benzene rings is 2. The molecule has 0 heterocycles. The second-order valence-corrected chi connectivity index (χ2v) is 6.95. The number of nitrogens with zero attached hydrogens (tertiary/aromatic N) is 2. The van der Waals surface area contributed by atoms with E-state index < -0.39 is 0 Å². The van der Waals surface area contributed by atoms with E-state index in [2.05, 4.69) is 5.10 Å². The molecule has 0 atom stereocenters. The molecular formula is C24H34ClN3O4. The summed E-state index contributed by atoms with van der Waals surface area (Å²) in [5, 5.41) is 3.50. The number of methoxy groups -OCH3 is 1. The van der Waals surface area contributed by atoms with Crippen LogP contribution in [-0.4, -0.2) is 50.4 Å². The van der Waals surface area contributed by atoms with Gasteiger partial charge in [0.2, 0.25) is 0 Å². The molecule has 0 fully saturated rings. The number of hydrogen-bond donors (Lipinski definition) is 1. The molecule has 7 nitrogen and oxygen atoms in total. The molecule has 0 aliphatic carbocycles. The van der Waals surface area contributed by atoms with Crippen molar-refractivity contribution >= 4 is 24.5 Å². The van der Waals surface area contributed by atoms with E-state index in [1.54, 1.807) is 36.4 Å². The van der Waals surface area contributed by atoms with E-state index in [0.717, 1.165) is 30.6 Å². The molecule has 8 heteroatoms. The van der Waals surface area contributed by atoms with Crippen molar-refractivity contribution in [2.75, 3.05) is 33.4 Å². The minimum Gasteiger partial charge on any atom is -0.494 e. The van der Waals surface area contributed by atoms with Gasteiger partial charge in [0.15, 0.2) is 11.5 Å². The summed E-state index contributed by atoms with van der Waals surface area (Å²) in [6.45, 7) is 6.51. The van der Waals surface area contributed by atoms with Crippen LogP contribution in [0.25, 0.3) is 0 Å². The zero-order valence-electron chi connectivity index (χ0n) is 19.1. The highest BCUT2D eigenvalue weighted by atomic mass is 35.5. The molecule has 2 aromatic carbocycles. The highest BCUT2D eigenvalue weighted by Gasteiger charge is 2.15. The van der Waals surface area contributed by atoms with E-state index in [9.17, 15) is 4.79 Å². The fraction of sp³-hybridized carbons (Fsp3) is 0.417. The third kappa shape index (κ3) is 8.30. The van der Waals surface area contributed by atoms with Gasteiger partial charge in [-0.25, -0.2) is 0 Å². The van der Waals surface area contributed by atoms with E-state index in [4.69, 9.17) is 20.1 Å². The van der Waals surface area contributed by atoms with Crippen molar-refractivity contribution in [2.45, 2.75) is 33.1 Å². The monoisotopic (exact) mass is 463 g/mol. The standard InChI is InChI=1S/C24H33N3O4.ClH/c1-4-27(5-2)24(28)20-11-14-22(23(17-20)29-3)31-16-8-6-7-15-30-21-12-9-19(10-13-21)18-26-25;/h9-14,17-18H,4-8,15-16,25H2,1-3H3;1H. The molecule has 0 bridgehead atoms. The lowest BCUT2D eigenvalue weighted by Crippen LogP contribution is -2.30. The summed E-state index contributed by atoms with van der Waals surface area (Å²) in [6.07, 6.45) is 4.41. The Morgan fingerprint density at radius 2 is 1.62 bits per heavy atom. The summed E-state index contributed by atoms with van der Waals surface area (Å²) in [4.78, 5) is 14.3. The molecule has 0 saturated heterocycles. The first-order valence-electron chi connectivity index (χ1n) is 10.7. The number of unbranched alkanes of at least 4 members (excludes halogenated alkanes) is 2. The Morgan fingerprint density at radius 3 is 2.22 bits per heavy atom. The Kier molecular flexibility index (Phi) is 12.7. The Hall–Kier alpha value is -2.93. The van der Waals surface area contributed by atoms with Gasteiger partial charge < -0.3 is 25.0 Å². The zero-order valence-corrected chi connectivity index (χ0v) is 19.9. The fourth-order valence-corrected chi connectivity index (χ4v) is 3.10. The Balaban J connectivity index is 0.00000512. The molecule has 0 unspecified atom stereocenters. The van der Waals surface area contributed by atoms with Crippen molar-refractivity contribution in [1.29, 1.82) is 0 Å². The molecule has 0 spiro atoms. The van der Waals surface area contributed by atoms with Gasteiger partial charge in [-0.3, -0.25) is 4.79 Å². The van der Waals surface area contributed by atoms with Gasteiger partial charge in [-0.05, 0) is 81.1 Å². The maximum atomic E-state index is 12.5. The quantitative estimate of drug-likeness (QED) is 0.204. The normalized spacial score (nSPS) is 10.5. The number of halogens is 1. The van der Waals surface area contributed by atoms with Gasteiger partial charge in [0.05, 0.1) is 26.5 Å². The van der Waals surface area contributed by atoms with Crippen LogP contribution in [0.5, 0.6) is 17.2 Å². The molecule has 0 aromatic heterocycles. The Morgan fingerprint density at radius 1 is 0.969 bits per heavy atom. The first-order valence-corrected chi connectivity index (χ1v) is 10.7. The largest absolute Gasteiger partial charge is 0.494 e. The molecule has 2 rings (SSSR count). The van der Waals surface area contributed by atoms with Gasteiger partial charge in [0.1, 0.15) is 5.75 Å². The summed E-state index contributed by atoms with van der Waals surface area (Å²) < 4.78 is 17.0. The van der Waals surface area contributed by atoms with Crippen LogP contribution in [0.4, 0.5) is 0 Å². The van der Waals surface area contributed by atoms with Crippen LogP contribution in [0, 0.1) is 0 Å². The summed E-state index contributed by atoms with van der Waals surface area (Å²) in [6, 6.07) is 13.0. The topological polar surface area (TPSA) is 86.4 Å². The SMILES string of the molecule is CCN(CC)C(=O)c1ccc(OCCCCCOc2ccc(C=NN)cc2)c(OC)c1.Cl. The van der Waals surface area contributed by atoms with Crippen molar-refractivity contribution in [3.63, 3.8) is 0 Å². The van der Waals surface area contributed by atoms with Crippen molar-refractivity contribution in [2.24, 2.45) is 10.9 Å². The van der Waals surface area contributed by atoms with E-state index >= 15 is 0 Å². The molecule has 0 saturated carbocycles. The van der Waals surface area contributed by atoms with E-state index in [1.165, 1.54) is 0 Å². The number of carbonyl (C=O) groups is 1. The van der Waals surface area contributed by atoms with Crippen molar-refractivity contribution in [3.8, 4) is 17.2 Å². The average molecular weight is 464 g/mol. The fourth-order valence-electron chi connectivity index (χ4n) is 3.10. The summed E-state index contributed by atoms with van der Waals surface area (Å²) in [7, 11) is 1.58. The highest BCUT2D eigenvalue weighted by Crippen LogP contribution is 2.29. The number of hydrazone groups is 1. The number of carbonyl (C=O) groups excluding carboxylic acids is 1. The molecule has 2 aromatic rings. The molecule has 32 heavy (non-hydrogen) atoms. The molecule has 0 radical (unpaired) electrons. The second kappa shape index (κ2) is 15.0. The molecular weight excluding hydrogens is 430 g/mol. The third-order valence-corrected chi connectivity index (χ3v) is 4.88. The van der Waals surface area contributed by atoms with Crippen LogP contribution < -0.4 is 20.1 Å². The van der Waals surface area contributed by atoms with Gasteiger partial charge in [-0.15, -0.1) is 12.4 Å². The van der Waals surface area contributed by atoms with E-state index in [1.807, 2.05) is 38.1 Å². The van der Waals surface area contributed by atoms with Crippen LogP contribution in [0.2, 0.25) is 0 Å². The molecule has 176 valence electrons. The predicted molar refractivity (Wildman–Crippen MR) is 131 cm³/mol. The molecule has 1 amide bonds. The van der Waals surface area contributed by atoms with Crippen LogP contribution in [-0.2, 0) is 0 Å². The van der Waals surface area contributed by atoms with Gasteiger partial charge in [0, 0.05) is 18.7 Å².